The van der Waals surface area contributed by atoms with Crippen LogP contribution in [0.4, 0.5) is 5.69 Å². The summed E-state index contributed by atoms with van der Waals surface area (Å²) in [5.41, 5.74) is 11.7. The van der Waals surface area contributed by atoms with Crippen molar-refractivity contribution < 1.29 is 24.2 Å². The molecular weight excluding hydrogens is 470 g/mol. The zero-order valence-corrected chi connectivity index (χ0v) is 20.5. The van der Waals surface area contributed by atoms with Crippen molar-refractivity contribution in [3.05, 3.63) is 34.3 Å². The van der Waals surface area contributed by atoms with Crippen LogP contribution in [0.25, 0.3) is 0 Å². The molecule has 0 bridgehead atoms. The number of phenols is 1. The van der Waals surface area contributed by atoms with Crippen molar-refractivity contribution in [2.24, 2.45) is 5.73 Å². The summed E-state index contributed by atoms with van der Waals surface area (Å²) in [5, 5.41) is 13.3. The second-order valence-corrected chi connectivity index (χ2v) is 9.89. The van der Waals surface area contributed by atoms with Crippen molar-refractivity contribution >= 4 is 34.9 Å². The molecule has 2 saturated carbocycles. The molecule has 0 aliphatic heterocycles. The predicted molar refractivity (Wildman–Crippen MR) is 131 cm³/mol. The first-order valence-electron chi connectivity index (χ1n) is 11.9. The number of primary amides is 1. The lowest BCUT2D eigenvalue weighted by Gasteiger charge is -2.36. The van der Waals surface area contributed by atoms with E-state index in [0.717, 1.165) is 62.9 Å². The van der Waals surface area contributed by atoms with Gasteiger partial charge in [-0.25, -0.2) is 0 Å². The number of nitrogen functional groups attached to an aromatic ring is 1. The van der Waals surface area contributed by atoms with Crippen LogP contribution < -0.4 is 21.5 Å². The third kappa shape index (κ3) is 5.04. The number of carbonyl (C=O) groups is 3. The van der Waals surface area contributed by atoms with Gasteiger partial charge in [0.05, 0.1) is 12.8 Å². The summed E-state index contributed by atoms with van der Waals surface area (Å²) in [6.45, 7) is 0. The van der Waals surface area contributed by atoms with E-state index >= 15 is 0 Å². The van der Waals surface area contributed by atoms with E-state index in [1.165, 1.54) is 13.2 Å². The van der Waals surface area contributed by atoms with Gasteiger partial charge in [0.1, 0.15) is 10.9 Å². The Bertz CT molecular complexity index is 1110. The molecule has 0 spiro atoms. The van der Waals surface area contributed by atoms with Gasteiger partial charge in [0, 0.05) is 12.1 Å². The van der Waals surface area contributed by atoms with Crippen molar-refractivity contribution in [1.82, 2.24) is 14.6 Å². The van der Waals surface area contributed by atoms with Gasteiger partial charge in [0.25, 0.3) is 11.8 Å². The fourth-order valence-corrected chi connectivity index (χ4v) is 5.83. The number of aromatic hydroxyl groups is 1. The molecule has 1 heterocycles. The third-order valence-electron chi connectivity index (χ3n) is 6.86. The number of phenolic OH excluding ortho intramolecular Hbond substituents is 1. The van der Waals surface area contributed by atoms with Crippen molar-refractivity contribution in [3.63, 3.8) is 0 Å². The molecule has 1 aromatic heterocycles. The minimum atomic E-state index is -0.987. The maximum absolute atomic E-state index is 14.0. The molecule has 0 unspecified atom stereocenters. The molecule has 2 aliphatic rings. The SMILES string of the molecule is COc1cc([C@H](C(=O)NC2CCCC2)N(C(=O)c2snc(C(N)=O)c2N)C2CCCC2)ccc1O. The highest BCUT2D eigenvalue weighted by molar-refractivity contribution is 7.09. The summed E-state index contributed by atoms with van der Waals surface area (Å²) < 4.78 is 9.27. The molecule has 35 heavy (non-hydrogen) atoms. The molecule has 4 rings (SSSR count). The molecule has 0 saturated heterocycles. The van der Waals surface area contributed by atoms with Crippen molar-refractivity contribution in [3.8, 4) is 11.5 Å². The molecule has 0 radical (unpaired) electrons. The summed E-state index contributed by atoms with van der Waals surface area (Å²) in [6, 6.07) is 3.50. The Labute approximate surface area is 207 Å². The summed E-state index contributed by atoms with van der Waals surface area (Å²) in [7, 11) is 1.43. The first-order chi connectivity index (χ1) is 16.8. The average molecular weight is 502 g/mol. The van der Waals surface area contributed by atoms with Crippen LogP contribution in [-0.4, -0.2) is 51.3 Å². The van der Waals surface area contributed by atoms with Crippen LogP contribution >= 0.6 is 11.5 Å². The predicted octanol–water partition coefficient (Wildman–Crippen LogP) is 2.72. The number of hydrogen-bond acceptors (Lipinski definition) is 8. The van der Waals surface area contributed by atoms with Crippen LogP contribution in [0, 0.1) is 0 Å². The third-order valence-corrected chi connectivity index (χ3v) is 7.71. The second-order valence-electron chi connectivity index (χ2n) is 9.11. The highest BCUT2D eigenvalue weighted by Crippen LogP contribution is 2.38. The normalized spacial score (nSPS) is 17.3. The van der Waals surface area contributed by atoms with E-state index in [0.29, 0.717) is 5.56 Å². The van der Waals surface area contributed by atoms with Crippen LogP contribution in [0.2, 0.25) is 0 Å². The smallest absolute Gasteiger partial charge is 0.270 e. The number of methoxy groups -OCH3 is 1. The van der Waals surface area contributed by atoms with Crippen LogP contribution in [0.3, 0.4) is 0 Å². The summed E-state index contributed by atoms with van der Waals surface area (Å²) in [5.74, 6) is -1.46. The van der Waals surface area contributed by atoms with Crippen LogP contribution in [0.1, 0.15) is 83.1 Å². The quantitative estimate of drug-likeness (QED) is 0.432. The maximum Gasteiger partial charge on any atom is 0.270 e. The molecule has 1 atom stereocenters. The van der Waals surface area contributed by atoms with Gasteiger partial charge < -0.3 is 31.5 Å². The lowest BCUT2D eigenvalue weighted by Crippen LogP contribution is -2.49. The Morgan fingerprint density at radius 3 is 2.43 bits per heavy atom. The fourth-order valence-electron chi connectivity index (χ4n) is 5.08. The van der Waals surface area contributed by atoms with E-state index in [1.807, 2.05) is 0 Å². The van der Waals surface area contributed by atoms with Gasteiger partial charge in [-0.15, -0.1) is 0 Å². The highest BCUT2D eigenvalue weighted by Gasteiger charge is 2.40. The molecule has 1 aromatic carbocycles. The monoisotopic (exact) mass is 501 g/mol. The number of hydrogen-bond donors (Lipinski definition) is 4. The number of rotatable bonds is 8. The van der Waals surface area contributed by atoms with Crippen molar-refractivity contribution in [2.45, 2.75) is 69.5 Å². The molecule has 2 aliphatic carbocycles. The molecule has 2 fully saturated rings. The first kappa shape index (κ1) is 24.8. The van der Waals surface area contributed by atoms with Gasteiger partial charge in [-0.05, 0) is 54.9 Å². The number of amides is 3. The van der Waals surface area contributed by atoms with Gasteiger partial charge in [0.2, 0.25) is 5.91 Å². The van der Waals surface area contributed by atoms with E-state index in [-0.39, 0.29) is 45.7 Å². The molecular formula is C24H31N5O5S. The highest BCUT2D eigenvalue weighted by atomic mass is 32.1. The standard InChI is InChI=1S/C24H31N5O5S/c1-34-17-12-13(10-11-16(17)30)20(23(32)27-14-6-2-3-7-14)29(15-8-4-5-9-15)24(33)21-18(25)19(22(26)31)28-35-21/h10-12,14-15,20,30H,2-9,25H2,1H3,(H2,26,31)(H,27,32)/t20-/m1/s1. The summed E-state index contributed by atoms with van der Waals surface area (Å²) >= 11 is 0.804. The van der Waals surface area contributed by atoms with Gasteiger partial charge in [-0.1, -0.05) is 31.7 Å². The zero-order chi connectivity index (χ0) is 25.1. The Hall–Kier alpha value is -3.34. The molecule has 6 N–H and O–H groups in total. The van der Waals surface area contributed by atoms with E-state index in [1.54, 1.807) is 17.0 Å². The average Bonchev–Trinajstić information content (AvgIpc) is 3.60. The number of carbonyl (C=O) groups excluding carboxylic acids is 3. The van der Waals surface area contributed by atoms with Gasteiger partial charge >= 0.3 is 0 Å². The van der Waals surface area contributed by atoms with Crippen LogP contribution in [0.5, 0.6) is 11.5 Å². The van der Waals surface area contributed by atoms with Crippen LogP contribution in [-0.2, 0) is 4.79 Å². The maximum atomic E-state index is 14.0. The summed E-state index contributed by atoms with van der Waals surface area (Å²) in [4.78, 5) is 41.1. The molecule has 2 aromatic rings. The minimum absolute atomic E-state index is 0.0412. The zero-order valence-electron chi connectivity index (χ0n) is 19.7. The number of benzene rings is 1. The Morgan fingerprint density at radius 2 is 1.83 bits per heavy atom. The number of aromatic nitrogens is 1. The van der Waals surface area contributed by atoms with E-state index in [4.69, 9.17) is 16.2 Å². The fraction of sp³-hybridized carbons (Fsp3) is 0.500. The largest absolute Gasteiger partial charge is 0.504 e. The molecule has 3 amide bonds. The minimum Gasteiger partial charge on any atom is -0.504 e. The van der Waals surface area contributed by atoms with Gasteiger partial charge in [0.15, 0.2) is 17.2 Å². The van der Waals surface area contributed by atoms with E-state index in [2.05, 4.69) is 9.69 Å². The molecule has 188 valence electrons. The Balaban J connectivity index is 1.80. The number of nitrogens with zero attached hydrogens (tertiary/aromatic N) is 2. The molecule has 10 nitrogen and oxygen atoms in total. The van der Waals surface area contributed by atoms with Crippen molar-refractivity contribution in [2.75, 3.05) is 12.8 Å². The first-order valence-corrected chi connectivity index (χ1v) is 12.6. The Morgan fingerprint density at radius 1 is 1.17 bits per heavy atom. The van der Waals surface area contributed by atoms with Crippen LogP contribution in [0.15, 0.2) is 18.2 Å². The molecule has 11 heteroatoms. The number of anilines is 1. The van der Waals surface area contributed by atoms with Gasteiger partial charge in [-0.2, -0.15) is 4.37 Å². The van der Waals surface area contributed by atoms with Crippen molar-refractivity contribution in [1.29, 1.82) is 0 Å². The lowest BCUT2D eigenvalue weighted by atomic mass is 9.99. The number of ether oxygens (including phenoxy) is 1. The topological polar surface area (TPSA) is 161 Å². The summed E-state index contributed by atoms with van der Waals surface area (Å²) in [6.07, 6.45) is 7.18. The van der Waals surface area contributed by atoms with E-state index in [9.17, 15) is 19.5 Å². The van der Waals surface area contributed by atoms with E-state index < -0.39 is 17.9 Å². The number of nitrogens with two attached hydrogens (primary N) is 2. The lowest BCUT2D eigenvalue weighted by molar-refractivity contribution is -0.127. The number of nitrogens with one attached hydrogen (secondary N) is 1. The Kier molecular flexibility index (Phi) is 7.44. The van der Waals surface area contributed by atoms with Gasteiger partial charge in [-0.3, -0.25) is 14.4 Å². The second kappa shape index (κ2) is 10.5.